The highest BCUT2D eigenvalue weighted by molar-refractivity contribution is 7.89. The number of halogens is 5. The fraction of sp³-hybridized carbons (Fsp3) is 0.600. The van der Waals surface area contributed by atoms with Crippen LogP contribution in [-0.2, 0) is 16.2 Å². The van der Waals surface area contributed by atoms with E-state index in [1.807, 2.05) is 0 Å². The van der Waals surface area contributed by atoms with E-state index in [0.29, 0.717) is 18.6 Å². The summed E-state index contributed by atoms with van der Waals surface area (Å²) in [5.41, 5.74) is -1.47. The lowest BCUT2D eigenvalue weighted by Gasteiger charge is -2.32. The molecule has 5 nitrogen and oxygen atoms in total. The van der Waals surface area contributed by atoms with Gasteiger partial charge in [0.1, 0.15) is 5.82 Å². The quantitative estimate of drug-likeness (QED) is 0.764. The summed E-state index contributed by atoms with van der Waals surface area (Å²) in [4.78, 5) is 1.76. The predicted molar refractivity (Wildman–Crippen MR) is 90.3 cm³/mol. The van der Waals surface area contributed by atoms with E-state index in [-0.39, 0.29) is 31.5 Å². The van der Waals surface area contributed by atoms with Crippen LogP contribution < -0.4 is 5.32 Å². The normalized spacial score (nSPS) is 23.0. The molecule has 2 fully saturated rings. The highest BCUT2D eigenvalue weighted by Crippen LogP contribution is 2.33. The third kappa shape index (κ3) is 4.30. The number of hydrogen-bond donors (Lipinski definition) is 1. The molecule has 1 aromatic rings. The van der Waals surface area contributed by atoms with Crippen LogP contribution in [0.25, 0.3) is 0 Å². The van der Waals surface area contributed by atoms with Gasteiger partial charge in [-0.3, -0.25) is 4.90 Å². The highest BCUT2D eigenvalue weighted by Gasteiger charge is 2.38. The maximum Gasteiger partial charge on any atom is 0.419 e. The van der Waals surface area contributed by atoms with Crippen LogP contribution >= 0.6 is 12.4 Å². The van der Waals surface area contributed by atoms with Crippen LogP contribution in [0.15, 0.2) is 23.1 Å². The average molecular weight is 418 g/mol. The Bertz CT molecular complexity index is 739. The molecular weight excluding hydrogens is 398 g/mol. The molecule has 2 aliphatic rings. The fourth-order valence-electron chi connectivity index (χ4n) is 3.31. The Morgan fingerprint density at radius 2 is 1.77 bits per heavy atom. The van der Waals surface area contributed by atoms with E-state index >= 15 is 0 Å². The summed E-state index contributed by atoms with van der Waals surface area (Å²) >= 11 is 0. The fourth-order valence-corrected chi connectivity index (χ4v) is 4.81. The summed E-state index contributed by atoms with van der Waals surface area (Å²) in [5, 5.41) is 3.22. The first-order valence-electron chi connectivity index (χ1n) is 8.01. The van der Waals surface area contributed by atoms with Gasteiger partial charge < -0.3 is 5.32 Å². The number of alkyl halides is 3. The lowest BCUT2D eigenvalue weighted by Crippen LogP contribution is -2.49. The molecule has 2 heterocycles. The highest BCUT2D eigenvalue weighted by atomic mass is 35.5. The first kappa shape index (κ1) is 21.4. The minimum absolute atomic E-state index is 0. The Kier molecular flexibility index (Phi) is 6.55. The maximum absolute atomic E-state index is 13.7. The second kappa shape index (κ2) is 7.97. The van der Waals surface area contributed by atoms with Gasteiger partial charge in [0, 0.05) is 45.3 Å². The van der Waals surface area contributed by atoms with E-state index in [2.05, 4.69) is 10.2 Å². The van der Waals surface area contributed by atoms with Crippen LogP contribution in [0.1, 0.15) is 12.0 Å². The molecule has 2 aliphatic heterocycles. The SMILES string of the molecule is Cl.O=S(=O)(c1ccc(C(F)(F)F)c(F)c1)N1CCC(N2CCNCC2)C1. The van der Waals surface area contributed by atoms with Crippen molar-refractivity contribution in [2.75, 3.05) is 39.3 Å². The van der Waals surface area contributed by atoms with Crippen LogP contribution in [0.5, 0.6) is 0 Å². The molecule has 0 radical (unpaired) electrons. The van der Waals surface area contributed by atoms with Gasteiger partial charge in [0.2, 0.25) is 10.0 Å². The Balaban J connectivity index is 0.00000243. The van der Waals surface area contributed by atoms with Crippen LogP contribution in [0.3, 0.4) is 0 Å². The number of nitrogens with zero attached hydrogens (tertiary/aromatic N) is 2. The zero-order valence-corrected chi connectivity index (χ0v) is 15.4. The van der Waals surface area contributed by atoms with Gasteiger partial charge in [0.05, 0.1) is 10.5 Å². The van der Waals surface area contributed by atoms with Crippen molar-refractivity contribution in [1.29, 1.82) is 0 Å². The summed E-state index contributed by atoms with van der Waals surface area (Å²) < 4.78 is 78.1. The van der Waals surface area contributed by atoms with Crippen molar-refractivity contribution in [3.63, 3.8) is 0 Å². The molecule has 1 unspecified atom stereocenters. The van der Waals surface area contributed by atoms with Gasteiger partial charge in [-0.1, -0.05) is 0 Å². The topological polar surface area (TPSA) is 52.7 Å². The third-order valence-electron chi connectivity index (χ3n) is 4.68. The number of benzene rings is 1. The van der Waals surface area contributed by atoms with Crippen molar-refractivity contribution < 1.29 is 26.0 Å². The monoisotopic (exact) mass is 417 g/mol. The Morgan fingerprint density at radius 3 is 2.35 bits per heavy atom. The van der Waals surface area contributed by atoms with Gasteiger partial charge in [-0.2, -0.15) is 17.5 Å². The van der Waals surface area contributed by atoms with E-state index < -0.39 is 32.5 Å². The molecule has 1 N–H and O–H groups in total. The number of rotatable bonds is 3. The lowest BCUT2D eigenvalue weighted by atomic mass is 10.2. The molecule has 1 aromatic carbocycles. The number of hydrogen-bond acceptors (Lipinski definition) is 4. The predicted octanol–water partition coefficient (Wildman–Crippen LogP) is 1.93. The second-order valence-corrected chi connectivity index (χ2v) is 8.17. The molecule has 0 amide bonds. The van der Waals surface area contributed by atoms with E-state index in [0.717, 1.165) is 32.2 Å². The largest absolute Gasteiger partial charge is 0.419 e. The molecule has 1 atom stereocenters. The first-order valence-corrected chi connectivity index (χ1v) is 9.45. The van der Waals surface area contributed by atoms with Crippen molar-refractivity contribution >= 4 is 22.4 Å². The zero-order valence-electron chi connectivity index (χ0n) is 13.8. The van der Waals surface area contributed by atoms with Crippen molar-refractivity contribution in [1.82, 2.24) is 14.5 Å². The molecule has 2 saturated heterocycles. The van der Waals surface area contributed by atoms with Crippen LogP contribution in [0.2, 0.25) is 0 Å². The van der Waals surface area contributed by atoms with Gasteiger partial charge >= 0.3 is 6.18 Å². The van der Waals surface area contributed by atoms with Crippen LogP contribution in [0.4, 0.5) is 17.6 Å². The van der Waals surface area contributed by atoms with Crippen molar-refractivity contribution in [2.45, 2.75) is 23.5 Å². The van der Waals surface area contributed by atoms with Crippen molar-refractivity contribution in [3.05, 3.63) is 29.6 Å². The zero-order chi connectivity index (χ0) is 18.2. The molecule has 0 spiro atoms. The molecule has 0 aromatic heterocycles. The van der Waals surface area contributed by atoms with Gasteiger partial charge in [0.15, 0.2) is 0 Å². The van der Waals surface area contributed by atoms with Gasteiger partial charge in [-0.15, -0.1) is 12.4 Å². The number of nitrogens with one attached hydrogen (secondary N) is 1. The van der Waals surface area contributed by atoms with Crippen LogP contribution in [0, 0.1) is 5.82 Å². The van der Waals surface area contributed by atoms with Crippen molar-refractivity contribution in [2.24, 2.45) is 0 Å². The summed E-state index contributed by atoms with van der Waals surface area (Å²) in [5.74, 6) is -1.58. The molecular formula is C15H20ClF4N3O2S. The summed E-state index contributed by atoms with van der Waals surface area (Å²) in [6.45, 7) is 3.88. The number of sulfonamides is 1. The van der Waals surface area contributed by atoms with E-state index in [1.54, 1.807) is 0 Å². The molecule has 0 saturated carbocycles. The van der Waals surface area contributed by atoms with Gasteiger partial charge in [0.25, 0.3) is 0 Å². The average Bonchev–Trinajstić information content (AvgIpc) is 3.05. The summed E-state index contributed by atoms with van der Waals surface area (Å²) in [6, 6.07) is 1.83. The first-order chi connectivity index (χ1) is 11.7. The second-order valence-electron chi connectivity index (χ2n) is 6.23. The van der Waals surface area contributed by atoms with Crippen LogP contribution in [-0.4, -0.2) is 62.9 Å². The standard InChI is InChI=1S/C15H19F4N3O2S.ClH/c16-14-9-12(1-2-13(14)15(17,18)19)25(23,24)22-6-3-11(10-22)21-7-4-20-5-8-21;/h1-2,9,11,20H,3-8,10H2;1H. The Morgan fingerprint density at radius 1 is 1.12 bits per heavy atom. The molecule has 3 rings (SSSR count). The summed E-state index contributed by atoms with van der Waals surface area (Å²) in [6.07, 6.45) is -4.20. The van der Waals surface area contributed by atoms with E-state index in [1.165, 1.54) is 4.31 Å². The lowest BCUT2D eigenvalue weighted by molar-refractivity contribution is -0.140. The molecule has 148 valence electrons. The molecule has 26 heavy (non-hydrogen) atoms. The van der Waals surface area contributed by atoms with Crippen molar-refractivity contribution in [3.8, 4) is 0 Å². The molecule has 0 bridgehead atoms. The summed E-state index contributed by atoms with van der Waals surface area (Å²) in [7, 11) is -4.01. The molecule has 11 heteroatoms. The third-order valence-corrected chi connectivity index (χ3v) is 6.54. The van der Waals surface area contributed by atoms with E-state index in [4.69, 9.17) is 0 Å². The smallest absolute Gasteiger partial charge is 0.314 e. The molecule has 0 aliphatic carbocycles. The van der Waals surface area contributed by atoms with Gasteiger partial charge in [-0.05, 0) is 24.6 Å². The minimum Gasteiger partial charge on any atom is -0.314 e. The number of piperazine rings is 1. The Hall–Kier alpha value is -0.940. The van der Waals surface area contributed by atoms with E-state index in [9.17, 15) is 26.0 Å². The van der Waals surface area contributed by atoms with Gasteiger partial charge in [-0.25, -0.2) is 12.8 Å². The Labute approximate surface area is 155 Å². The maximum atomic E-state index is 13.7. The minimum atomic E-state index is -4.85.